The minimum Gasteiger partial charge on any atom is -0.309 e. The van der Waals surface area contributed by atoms with Crippen LogP contribution in [0, 0.1) is 0 Å². The highest BCUT2D eigenvalue weighted by atomic mass is 32.2. The van der Waals surface area contributed by atoms with Crippen LogP contribution in [0.3, 0.4) is 0 Å². The molecule has 0 saturated carbocycles. The normalized spacial score (nSPS) is 13.8. The molecular formula is C49H31NS2. The molecule has 1 nitrogen and oxygen atoms in total. The molecule has 244 valence electrons. The van der Waals surface area contributed by atoms with Gasteiger partial charge in [-0.1, -0.05) is 175 Å². The molecule has 1 aromatic heterocycles. The van der Waals surface area contributed by atoms with Crippen molar-refractivity contribution in [3.63, 3.8) is 0 Å². The van der Waals surface area contributed by atoms with E-state index in [9.17, 15) is 0 Å². The lowest BCUT2D eigenvalue weighted by Crippen LogP contribution is -2.37. The van der Waals surface area contributed by atoms with Crippen LogP contribution < -0.4 is 0 Å². The second-order valence-corrected chi connectivity index (χ2v) is 15.7. The van der Waals surface area contributed by atoms with Gasteiger partial charge in [-0.3, -0.25) is 0 Å². The molecule has 0 N–H and O–H groups in total. The lowest BCUT2D eigenvalue weighted by atomic mass is 9.64. The van der Waals surface area contributed by atoms with Gasteiger partial charge >= 0.3 is 0 Å². The van der Waals surface area contributed by atoms with E-state index in [-0.39, 0.29) is 0 Å². The molecule has 52 heavy (non-hydrogen) atoms. The quantitative estimate of drug-likeness (QED) is 0.181. The monoisotopic (exact) mass is 697 g/mol. The van der Waals surface area contributed by atoms with E-state index >= 15 is 0 Å². The maximum absolute atomic E-state index is 2.42. The van der Waals surface area contributed by atoms with E-state index in [4.69, 9.17) is 0 Å². The first-order valence-corrected chi connectivity index (χ1v) is 19.4. The number of para-hydroxylation sites is 2. The van der Waals surface area contributed by atoms with E-state index in [1.165, 1.54) is 91.6 Å². The van der Waals surface area contributed by atoms with E-state index in [1.807, 2.05) is 23.5 Å². The predicted octanol–water partition coefficient (Wildman–Crippen LogP) is 13.4. The number of hydrogen-bond acceptors (Lipinski definition) is 2. The summed E-state index contributed by atoms with van der Waals surface area (Å²) < 4.78 is 2.42. The maximum Gasteiger partial charge on any atom is 0.0745 e. The Morgan fingerprint density at radius 1 is 0.365 bits per heavy atom. The van der Waals surface area contributed by atoms with Gasteiger partial charge < -0.3 is 4.57 Å². The summed E-state index contributed by atoms with van der Waals surface area (Å²) >= 11 is 3.84. The number of aromatic nitrogens is 1. The maximum atomic E-state index is 2.42. The fourth-order valence-corrected chi connectivity index (χ4v) is 11.5. The number of nitrogens with zero attached hydrogens (tertiary/aromatic N) is 1. The number of hydrogen-bond donors (Lipinski definition) is 0. The van der Waals surface area contributed by atoms with Crippen molar-refractivity contribution in [2.75, 3.05) is 0 Å². The molecule has 2 aliphatic rings. The molecule has 0 aliphatic carbocycles. The van der Waals surface area contributed by atoms with E-state index in [0.717, 1.165) is 0 Å². The first-order valence-electron chi connectivity index (χ1n) is 17.8. The molecule has 8 aromatic carbocycles. The van der Waals surface area contributed by atoms with Crippen LogP contribution in [0.15, 0.2) is 208 Å². The van der Waals surface area contributed by atoms with Gasteiger partial charge in [0.2, 0.25) is 0 Å². The summed E-state index contributed by atoms with van der Waals surface area (Å²) in [5, 5.41) is 2.55. The Bertz CT molecular complexity index is 2810. The van der Waals surface area contributed by atoms with Gasteiger partial charge in [-0.25, -0.2) is 0 Å². The number of rotatable bonds is 3. The zero-order valence-corrected chi connectivity index (χ0v) is 29.8. The van der Waals surface area contributed by atoms with Crippen molar-refractivity contribution in [3.8, 4) is 27.9 Å². The molecule has 2 aliphatic heterocycles. The second-order valence-electron chi connectivity index (χ2n) is 13.6. The second kappa shape index (κ2) is 11.6. The van der Waals surface area contributed by atoms with Gasteiger partial charge in [0.25, 0.3) is 0 Å². The summed E-state index contributed by atoms with van der Waals surface area (Å²) in [7, 11) is 0. The molecule has 0 fully saturated rings. The molecule has 3 heterocycles. The first-order chi connectivity index (χ1) is 25.8. The molecule has 0 atom stereocenters. The Morgan fingerprint density at radius 3 is 1.62 bits per heavy atom. The van der Waals surface area contributed by atoms with Crippen molar-refractivity contribution in [3.05, 3.63) is 210 Å². The fraction of sp³-hybridized carbons (Fsp3) is 0.0204. The summed E-state index contributed by atoms with van der Waals surface area (Å²) in [6.07, 6.45) is 0. The Balaban J connectivity index is 1.28. The van der Waals surface area contributed by atoms with Crippen LogP contribution in [0.5, 0.6) is 0 Å². The number of benzene rings is 8. The van der Waals surface area contributed by atoms with Gasteiger partial charge in [-0.05, 0) is 80.9 Å². The van der Waals surface area contributed by atoms with Crippen molar-refractivity contribution in [1.82, 2.24) is 4.57 Å². The molecule has 0 unspecified atom stereocenters. The summed E-state index contributed by atoms with van der Waals surface area (Å²) in [5.74, 6) is 0. The molecule has 0 amide bonds. The summed E-state index contributed by atoms with van der Waals surface area (Å²) in [4.78, 5) is 5.27. The molecular weight excluding hydrogens is 667 g/mol. The van der Waals surface area contributed by atoms with Crippen molar-refractivity contribution in [1.29, 1.82) is 0 Å². The molecule has 9 aromatic rings. The van der Waals surface area contributed by atoms with E-state index in [0.29, 0.717) is 0 Å². The third kappa shape index (κ3) is 4.15. The third-order valence-corrected chi connectivity index (χ3v) is 13.4. The van der Waals surface area contributed by atoms with E-state index in [2.05, 4.69) is 193 Å². The third-order valence-electron chi connectivity index (χ3n) is 10.9. The molecule has 1 spiro atoms. The van der Waals surface area contributed by atoms with Gasteiger partial charge in [-0.15, -0.1) is 0 Å². The van der Waals surface area contributed by atoms with Crippen LogP contribution in [-0.2, 0) is 5.41 Å². The highest BCUT2D eigenvalue weighted by molar-refractivity contribution is 8.00. The highest BCUT2D eigenvalue weighted by Gasteiger charge is 2.49. The van der Waals surface area contributed by atoms with Crippen molar-refractivity contribution in [2.45, 2.75) is 25.0 Å². The van der Waals surface area contributed by atoms with Gasteiger partial charge in [0.05, 0.1) is 16.4 Å². The minimum atomic E-state index is -0.499. The van der Waals surface area contributed by atoms with Crippen molar-refractivity contribution in [2.24, 2.45) is 0 Å². The van der Waals surface area contributed by atoms with Crippen LogP contribution in [0.1, 0.15) is 22.3 Å². The predicted molar refractivity (Wildman–Crippen MR) is 218 cm³/mol. The molecule has 3 heteroatoms. The minimum absolute atomic E-state index is 0.499. The Labute approximate surface area is 311 Å². The lowest BCUT2D eigenvalue weighted by molar-refractivity contribution is 0.668. The zero-order chi connectivity index (χ0) is 34.2. The summed E-state index contributed by atoms with van der Waals surface area (Å²) in [6.45, 7) is 0. The van der Waals surface area contributed by atoms with Crippen LogP contribution >= 0.6 is 23.5 Å². The fourth-order valence-electron chi connectivity index (χ4n) is 8.86. The highest BCUT2D eigenvalue weighted by Crippen LogP contribution is 2.64. The average molecular weight is 698 g/mol. The smallest absolute Gasteiger partial charge is 0.0745 e. The van der Waals surface area contributed by atoms with Crippen molar-refractivity contribution < 1.29 is 0 Å². The summed E-state index contributed by atoms with van der Waals surface area (Å²) in [5.41, 5.74) is 13.5. The SMILES string of the molecule is c1ccc(-c2cccc3c2Sc2c(-c4cccc5c4c4ccccc4n5-c4ccccc4)cccc2C32c3ccccc3Sc3ccccc32)cc1. The molecule has 0 radical (unpaired) electrons. The number of fused-ring (bicyclic) bond motifs is 11. The topological polar surface area (TPSA) is 4.93 Å². The van der Waals surface area contributed by atoms with Crippen LogP contribution in [0.4, 0.5) is 0 Å². The Hall–Kier alpha value is -5.74. The van der Waals surface area contributed by atoms with Crippen LogP contribution in [0.2, 0.25) is 0 Å². The van der Waals surface area contributed by atoms with Crippen LogP contribution in [-0.4, -0.2) is 4.57 Å². The van der Waals surface area contributed by atoms with E-state index < -0.39 is 5.41 Å². The van der Waals surface area contributed by atoms with Gasteiger partial charge in [0.15, 0.2) is 0 Å². The average Bonchev–Trinajstić information content (AvgIpc) is 3.56. The lowest BCUT2D eigenvalue weighted by Gasteiger charge is -2.46. The Morgan fingerprint density at radius 2 is 0.885 bits per heavy atom. The molecule has 0 bridgehead atoms. The first kappa shape index (κ1) is 29.9. The van der Waals surface area contributed by atoms with Crippen molar-refractivity contribution >= 4 is 45.3 Å². The molecule has 11 rings (SSSR count). The largest absolute Gasteiger partial charge is 0.309 e. The van der Waals surface area contributed by atoms with Gasteiger partial charge in [0.1, 0.15) is 0 Å². The van der Waals surface area contributed by atoms with Crippen LogP contribution in [0.25, 0.3) is 49.7 Å². The van der Waals surface area contributed by atoms with E-state index in [1.54, 1.807) is 0 Å². The van der Waals surface area contributed by atoms with Gasteiger partial charge in [0, 0.05) is 36.0 Å². The summed E-state index contributed by atoms with van der Waals surface area (Å²) in [6, 6.07) is 69.6. The molecule has 0 saturated heterocycles. The zero-order valence-electron chi connectivity index (χ0n) is 28.2. The Kier molecular flexibility index (Phi) is 6.70. The standard InChI is InChI=1S/C49H31NS2/c1-3-16-32(17-4-1)34-21-13-26-40-47(34)52-48-36(23-14-27-41(48)49(40)38-24-8-11-30-44(38)51-45-31-12-9-25-39(45)49)35-22-15-29-43-46(35)37-20-7-10-28-42(37)50(43)33-18-5-2-6-19-33/h1-31H. The van der Waals surface area contributed by atoms with Gasteiger partial charge in [-0.2, -0.15) is 0 Å².